The molecule has 0 aromatic heterocycles. The van der Waals surface area contributed by atoms with Gasteiger partial charge in [-0.1, -0.05) is 6.07 Å². The lowest BCUT2D eigenvalue weighted by molar-refractivity contribution is 0.174. The zero-order chi connectivity index (χ0) is 14.7. The van der Waals surface area contributed by atoms with Crippen LogP contribution in [0.3, 0.4) is 0 Å². The van der Waals surface area contributed by atoms with Crippen molar-refractivity contribution in [2.45, 2.75) is 58.7 Å². The van der Waals surface area contributed by atoms with E-state index in [0.717, 1.165) is 25.9 Å². The van der Waals surface area contributed by atoms with Crippen LogP contribution in [0.5, 0.6) is 0 Å². The predicted octanol–water partition coefficient (Wildman–Crippen LogP) is 3.52. The van der Waals surface area contributed by atoms with Crippen LogP contribution in [-0.4, -0.2) is 30.1 Å². The number of halogens is 1. The van der Waals surface area contributed by atoms with Crippen molar-refractivity contribution in [2.75, 3.05) is 13.1 Å². The van der Waals surface area contributed by atoms with Crippen molar-refractivity contribution >= 4 is 0 Å². The summed E-state index contributed by atoms with van der Waals surface area (Å²) in [5.41, 5.74) is 2.46. The predicted molar refractivity (Wildman–Crippen MR) is 82.4 cm³/mol. The van der Waals surface area contributed by atoms with E-state index in [1.807, 2.05) is 6.07 Å². The smallest absolute Gasteiger partial charge is 0.123 e. The first kappa shape index (κ1) is 15.5. The number of nitrogens with one attached hydrogen (secondary N) is 1. The molecule has 0 bridgehead atoms. The molecule has 112 valence electrons. The van der Waals surface area contributed by atoms with Crippen LogP contribution in [0, 0.1) is 5.82 Å². The largest absolute Gasteiger partial charge is 0.309 e. The number of hydrogen-bond donors (Lipinski definition) is 1. The van der Waals surface area contributed by atoms with Crippen molar-refractivity contribution < 1.29 is 4.39 Å². The highest BCUT2D eigenvalue weighted by molar-refractivity contribution is 5.34. The molecular formula is C17H27FN2. The van der Waals surface area contributed by atoms with Crippen LogP contribution in [-0.2, 0) is 6.42 Å². The summed E-state index contributed by atoms with van der Waals surface area (Å²) in [5, 5.41) is 3.63. The third-order valence-corrected chi connectivity index (χ3v) is 4.27. The van der Waals surface area contributed by atoms with Crippen LogP contribution in [0.1, 0.15) is 51.3 Å². The van der Waals surface area contributed by atoms with Crippen LogP contribution in [0.2, 0.25) is 0 Å². The van der Waals surface area contributed by atoms with E-state index >= 15 is 0 Å². The molecule has 1 N–H and O–H groups in total. The molecule has 0 saturated carbocycles. The highest BCUT2D eigenvalue weighted by atomic mass is 19.1. The molecule has 1 aromatic carbocycles. The maximum atomic E-state index is 13.2. The molecule has 0 saturated heterocycles. The molecule has 20 heavy (non-hydrogen) atoms. The molecule has 1 unspecified atom stereocenters. The molecule has 2 nitrogen and oxygen atoms in total. The van der Waals surface area contributed by atoms with Crippen LogP contribution >= 0.6 is 0 Å². The van der Waals surface area contributed by atoms with Gasteiger partial charge in [-0.05, 0) is 63.8 Å². The second kappa shape index (κ2) is 6.68. The fourth-order valence-electron chi connectivity index (χ4n) is 3.28. The van der Waals surface area contributed by atoms with Crippen molar-refractivity contribution in [3.63, 3.8) is 0 Å². The van der Waals surface area contributed by atoms with E-state index in [0.29, 0.717) is 18.1 Å². The van der Waals surface area contributed by atoms with Gasteiger partial charge in [0.15, 0.2) is 0 Å². The van der Waals surface area contributed by atoms with E-state index in [4.69, 9.17) is 0 Å². The van der Waals surface area contributed by atoms with Gasteiger partial charge in [0.1, 0.15) is 5.82 Å². The molecule has 0 heterocycles. The van der Waals surface area contributed by atoms with Gasteiger partial charge in [0.25, 0.3) is 0 Å². The minimum absolute atomic E-state index is 0.116. The topological polar surface area (TPSA) is 15.3 Å². The van der Waals surface area contributed by atoms with Crippen LogP contribution in [0.4, 0.5) is 4.39 Å². The number of fused-ring (bicyclic) bond motifs is 1. The Bertz CT molecular complexity index is 435. The summed E-state index contributed by atoms with van der Waals surface area (Å²) in [4.78, 5) is 2.49. The number of benzene rings is 1. The van der Waals surface area contributed by atoms with Gasteiger partial charge in [-0.2, -0.15) is 0 Å². The Hall–Kier alpha value is -0.930. The maximum absolute atomic E-state index is 13.2. The van der Waals surface area contributed by atoms with Crippen molar-refractivity contribution in [3.05, 3.63) is 35.1 Å². The lowest BCUT2D eigenvalue weighted by Crippen LogP contribution is -2.41. The molecule has 1 atom stereocenters. The Balaban J connectivity index is 1.88. The van der Waals surface area contributed by atoms with Gasteiger partial charge in [-0.15, -0.1) is 0 Å². The molecule has 0 aliphatic heterocycles. The van der Waals surface area contributed by atoms with Crippen molar-refractivity contribution in [2.24, 2.45) is 0 Å². The van der Waals surface area contributed by atoms with Gasteiger partial charge in [0.05, 0.1) is 0 Å². The first-order chi connectivity index (χ1) is 9.49. The zero-order valence-electron chi connectivity index (χ0n) is 13.1. The molecule has 1 aliphatic rings. The average Bonchev–Trinajstić information content (AvgIpc) is 2.76. The maximum Gasteiger partial charge on any atom is 0.123 e. The number of rotatable bonds is 6. The third-order valence-electron chi connectivity index (χ3n) is 4.27. The average molecular weight is 278 g/mol. The van der Waals surface area contributed by atoms with Gasteiger partial charge >= 0.3 is 0 Å². The van der Waals surface area contributed by atoms with Crippen molar-refractivity contribution in [3.8, 4) is 0 Å². The first-order valence-corrected chi connectivity index (χ1v) is 7.76. The lowest BCUT2D eigenvalue weighted by Gasteiger charge is -2.31. The fourth-order valence-corrected chi connectivity index (χ4v) is 3.28. The molecule has 1 aromatic rings. The molecular weight excluding hydrogens is 251 g/mol. The van der Waals surface area contributed by atoms with E-state index in [9.17, 15) is 4.39 Å². The lowest BCUT2D eigenvalue weighted by atomic mass is 10.1. The summed E-state index contributed by atoms with van der Waals surface area (Å²) >= 11 is 0. The van der Waals surface area contributed by atoms with Crippen LogP contribution in [0.15, 0.2) is 18.2 Å². The summed E-state index contributed by atoms with van der Waals surface area (Å²) in [7, 11) is 0. The minimum atomic E-state index is -0.116. The Labute approximate surface area is 122 Å². The van der Waals surface area contributed by atoms with E-state index in [-0.39, 0.29) is 5.82 Å². The molecule has 0 radical (unpaired) electrons. The standard InChI is InChI=1S/C17H27FN2/c1-12(2)20(13(3)4)10-9-19-17-8-5-14-11-15(18)6-7-16(14)17/h6-7,11-13,17,19H,5,8-10H2,1-4H3. The van der Waals surface area contributed by atoms with E-state index < -0.39 is 0 Å². The summed E-state index contributed by atoms with van der Waals surface area (Å²) in [6, 6.07) is 6.74. The quantitative estimate of drug-likeness (QED) is 0.856. The summed E-state index contributed by atoms with van der Waals surface area (Å²) in [6.07, 6.45) is 2.07. The van der Waals surface area contributed by atoms with Gasteiger partial charge < -0.3 is 5.32 Å². The Morgan fingerprint density at radius 1 is 1.25 bits per heavy atom. The normalized spacial score (nSPS) is 18.3. The van der Waals surface area contributed by atoms with E-state index in [2.05, 4.69) is 37.9 Å². The number of hydrogen-bond acceptors (Lipinski definition) is 2. The van der Waals surface area contributed by atoms with Gasteiger partial charge in [0, 0.05) is 31.2 Å². The van der Waals surface area contributed by atoms with E-state index in [1.165, 1.54) is 11.1 Å². The molecule has 0 fully saturated rings. The van der Waals surface area contributed by atoms with Crippen LogP contribution < -0.4 is 5.32 Å². The minimum Gasteiger partial charge on any atom is -0.309 e. The Morgan fingerprint density at radius 2 is 1.95 bits per heavy atom. The number of nitrogens with zero attached hydrogens (tertiary/aromatic N) is 1. The summed E-state index contributed by atoms with van der Waals surface area (Å²) < 4.78 is 13.2. The van der Waals surface area contributed by atoms with Crippen LogP contribution in [0.25, 0.3) is 0 Å². The highest BCUT2D eigenvalue weighted by Crippen LogP contribution is 2.31. The zero-order valence-corrected chi connectivity index (χ0v) is 13.1. The fraction of sp³-hybridized carbons (Fsp3) is 0.647. The Kier molecular flexibility index (Phi) is 5.17. The molecule has 3 heteroatoms. The van der Waals surface area contributed by atoms with Gasteiger partial charge in [-0.3, -0.25) is 4.90 Å². The van der Waals surface area contributed by atoms with Crippen molar-refractivity contribution in [1.82, 2.24) is 10.2 Å². The molecule has 1 aliphatic carbocycles. The second-order valence-electron chi connectivity index (χ2n) is 6.31. The highest BCUT2D eigenvalue weighted by Gasteiger charge is 2.22. The second-order valence-corrected chi connectivity index (χ2v) is 6.31. The van der Waals surface area contributed by atoms with Crippen molar-refractivity contribution in [1.29, 1.82) is 0 Å². The molecule has 0 amide bonds. The van der Waals surface area contributed by atoms with Gasteiger partial charge in [0.2, 0.25) is 0 Å². The van der Waals surface area contributed by atoms with E-state index in [1.54, 1.807) is 12.1 Å². The number of aryl methyl sites for hydroxylation is 1. The monoisotopic (exact) mass is 278 g/mol. The molecule has 2 rings (SSSR count). The summed E-state index contributed by atoms with van der Waals surface area (Å²) in [6.45, 7) is 11.0. The Morgan fingerprint density at radius 3 is 2.60 bits per heavy atom. The third kappa shape index (κ3) is 3.58. The SMILES string of the molecule is CC(C)N(CCNC1CCc2cc(F)ccc21)C(C)C. The summed E-state index contributed by atoms with van der Waals surface area (Å²) in [5.74, 6) is -0.116. The first-order valence-electron chi connectivity index (χ1n) is 7.76. The molecule has 0 spiro atoms. The van der Waals surface area contributed by atoms with Gasteiger partial charge in [-0.25, -0.2) is 4.39 Å².